The van der Waals surface area contributed by atoms with Gasteiger partial charge in [-0.05, 0) is 59.7 Å². The molecule has 46 heavy (non-hydrogen) atoms. The van der Waals surface area contributed by atoms with E-state index in [-0.39, 0.29) is 0 Å². The molecule has 0 spiro atoms. The first-order valence-corrected chi connectivity index (χ1v) is 14.9. The van der Waals surface area contributed by atoms with E-state index in [1.807, 2.05) is 106 Å². The molecule has 8 nitrogen and oxygen atoms in total. The monoisotopic (exact) mass is 596 g/mol. The highest BCUT2D eigenvalue weighted by molar-refractivity contribution is 6.01. The van der Waals surface area contributed by atoms with Crippen LogP contribution in [0.4, 0.5) is 0 Å². The molecule has 0 aliphatic carbocycles. The molecule has 8 heteroatoms. The molecule has 0 aliphatic heterocycles. The third kappa shape index (κ3) is 4.31. The first-order valence-electron chi connectivity index (χ1n) is 14.9. The average Bonchev–Trinajstić information content (AvgIpc) is 3.93. The minimum atomic E-state index is 0.388. The maximum atomic E-state index is 6.31. The lowest BCUT2D eigenvalue weighted by Crippen LogP contribution is -1.98. The predicted molar refractivity (Wildman–Crippen MR) is 178 cm³/mol. The molecule has 0 fully saturated rings. The number of fused-ring (bicyclic) bond motifs is 2. The summed E-state index contributed by atoms with van der Waals surface area (Å²) in [6.07, 6.45) is 0. The number of rotatable bonds is 6. The summed E-state index contributed by atoms with van der Waals surface area (Å²) in [6.45, 7) is 0. The minimum absolute atomic E-state index is 0.388. The molecule has 0 bridgehead atoms. The van der Waals surface area contributed by atoms with Crippen LogP contribution in [-0.4, -0.2) is 29.5 Å². The summed E-state index contributed by atoms with van der Waals surface area (Å²) in [5, 5.41) is 19.8. The molecule has 0 amide bonds. The molecular formula is C38H24N6O2. The summed E-state index contributed by atoms with van der Waals surface area (Å²) in [7, 11) is 0. The van der Waals surface area contributed by atoms with Crippen molar-refractivity contribution in [2.45, 2.75) is 0 Å². The molecular weight excluding hydrogens is 572 g/mol. The lowest BCUT2D eigenvalue weighted by molar-refractivity contribution is 0.543. The van der Waals surface area contributed by atoms with Gasteiger partial charge in [0.05, 0.1) is 22.4 Å². The summed E-state index contributed by atoms with van der Waals surface area (Å²) in [4.78, 5) is 0. The average molecular weight is 597 g/mol. The van der Waals surface area contributed by atoms with Gasteiger partial charge in [-0.3, -0.25) is 9.13 Å². The van der Waals surface area contributed by atoms with E-state index in [2.05, 4.69) is 68.9 Å². The van der Waals surface area contributed by atoms with Crippen LogP contribution in [0.25, 0.3) is 79.3 Å². The van der Waals surface area contributed by atoms with Crippen molar-refractivity contribution in [3.63, 3.8) is 0 Å². The quantitative estimate of drug-likeness (QED) is 0.190. The Bertz CT molecular complexity index is 2280. The Morgan fingerprint density at radius 1 is 0.370 bits per heavy atom. The first kappa shape index (κ1) is 25.9. The minimum Gasteiger partial charge on any atom is -0.403 e. The smallest absolute Gasteiger partial charge is 0.327 e. The second-order valence-corrected chi connectivity index (χ2v) is 10.9. The number of hydrogen-bond donors (Lipinski definition) is 0. The SMILES string of the molecule is c1ccc(-c2nnc(-n3c(-c4ccccc4)cc4cc5c(cc(-c6ccccc6)n5-c5nnc(-c6ccccc6)o5)cc43)o2)cc1. The predicted octanol–water partition coefficient (Wildman–Crippen LogP) is 9.01. The molecule has 4 aromatic heterocycles. The number of nitrogens with zero attached hydrogens (tertiary/aromatic N) is 6. The Balaban J connectivity index is 1.28. The van der Waals surface area contributed by atoms with Gasteiger partial charge in [0, 0.05) is 21.9 Å². The zero-order valence-corrected chi connectivity index (χ0v) is 24.4. The summed E-state index contributed by atoms with van der Waals surface area (Å²) in [5.74, 6) is 0.918. The molecule has 0 aliphatic rings. The molecule has 9 aromatic rings. The van der Waals surface area contributed by atoms with Gasteiger partial charge >= 0.3 is 12.0 Å². The molecule has 0 saturated carbocycles. The van der Waals surface area contributed by atoms with E-state index < -0.39 is 0 Å². The Labute approximate surface area is 262 Å². The molecule has 5 aromatic carbocycles. The van der Waals surface area contributed by atoms with E-state index in [1.54, 1.807) is 0 Å². The highest BCUT2D eigenvalue weighted by Gasteiger charge is 2.23. The summed E-state index contributed by atoms with van der Waals surface area (Å²) < 4.78 is 16.7. The zero-order valence-electron chi connectivity index (χ0n) is 24.4. The standard InChI is InChI=1S/C38H24N6O2/c1-5-13-25(14-6-1)31-21-29-23-34-30(24-33(29)43(31)37-41-39-35(45-37)27-17-9-3-10-18-27)22-32(26-15-7-2-8-16-26)44(34)38-42-40-36(46-38)28-19-11-4-12-20-28/h1-24H. The van der Waals surface area contributed by atoms with E-state index in [9.17, 15) is 0 Å². The van der Waals surface area contributed by atoms with E-state index >= 15 is 0 Å². The molecule has 4 heterocycles. The van der Waals surface area contributed by atoms with Gasteiger partial charge in [-0.15, -0.1) is 10.2 Å². The molecule has 9 rings (SSSR count). The fourth-order valence-corrected chi connectivity index (χ4v) is 5.97. The van der Waals surface area contributed by atoms with Gasteiger partial charge in [0.25, 0.3) is 0 Å². The third-order valence-corrected chi connectivity index (χ3v) is 8.12. The van der Waals surface area contributed by atoms with Crippen LogP contribution >= 0.6 is 0 Å². The molecule has 0 N–H and O–H groups in total. The van der Waals surface area contributed by atoms with Crippen LogP contribution in [-0.2, 0) is 0 Å². The fourth-order valence-electron chi connectivity index (χ4n) is 5.97. The maximum Gasteiger partial charge on any atom is 0.327 e. The van der Waals surface area contributed by atoms with Crippen molar-refractivity contribution >= 4 is 21.8 Å². The van der Waals surface area contributed by atoms with E-state index in [1.165, 1.54) is 0 Å². The summed E-state index contributed by atoms with van der Waals surface area (Å²) >= 11 is 0. The molecule has 0 saturated heterocycles. The summed E-state index contributed by atoms with van der Waals surface area (Å²) in [6, 6.07) is 49.4. The van der Waals surface area contributed by atoms with Gasteiger partial charge in [-0.25, -0.2) is 0 Å². The maximum absolute atomic E-state index is 6.31. The molecule has 218 valence electrons. The van der Waals surface area contributed by atoms with Crippen molar-refractivity contribution in [2.75, 3.05) is 0 Å². The Kier molecular flexibility index (Phi) is 5.95. The van der Waals surface area contributed by atoms with Crippen LogP contribution in [0.2, 0.25) is 0 Å². The van der Waals surface area contributed by atoms with Crippen LogP contribution in [0.5, 0.6) is 0 Å². The van der Waals surface area contributed by atoms with Gasteiger partial charge in [-0.1, -0.05) is 107 Å². The van der Waals surface area contributed by atoms with Crippen molar-refractivity contribution in [3.05, 3.63) is 146 Å². The largest absolute Gasteiger partial charge is 0.403 e. The van der Waals surface area contributed by atoms with Gasteiger partial charge in [0.1, 0.15) is 0 Å². The molecule has 0 atom stereocenters. The van der Waals surface area contributed by atoms with E-state index in [0.29, 0.717) is 23.8 Å². The van der Waals surface area contributed by atoms with Crippen molar-refractivity contribution in [2.24, 2.45) is 0 Å². The van der Waals surface area contributed by atoms with Crippen LogP contribution < -0.4 is 0 Å². The Hall–Kier alpha value is -6.54. The molecule has 0 unspecified atom stereocenters. The van der Waals surface area contributed by atoms with Gasteiger partial charge in [0.15, 0.2) is 0 Å². The first-order chi connectivity index (χ1) is 22.8. The van der Waals surface area contributed by atoms with Gasteiger partial charge in [-0.2, -0.15) is 0 Å². The van der Waals surface area contributed by atoms with Crippen molar-refractivity contribution in [1.29, 1.82) is 0 Å². The second-order valence-electron chi connectivity index (χ2n) is 10.9. The normalized spacial score (nSPS) is 11.5. The van der Waals surface area contributed by atoms with Crippen molar-refractivity contribution < 1.29 is 8.83 Å². The van der Waals surface area contributed by atoms with Gasteiger partial charge < -0.3 is 8.83 Å². The Morgan fingerprint density at radius 2 is 0.717 bits per heavy atom. The highest BCUT2D eigenvalue weighted by atomic mass is 16.4. The second kappa shape index (κ2) is 10.6. The topological polar surface area (TPSA) is 87.7 Å². The van der Waals surface area contributed by atoms with E-state index in [4.69, 9.17) is 8.83 Å². The fraction of sp³-hybridized carbons (Fsp3) is 0. The Morgan fingerprint density at radius 3 is 1.09 bits per heavy atom. The summed E-state index contributed by atoms with van der Waals surface area (Å²) in [5.41, 5.74) is 7.51. The van der Waals surface area contributed by atoms with Crippen LogP contribution in [0.1, 0.15) is 0 Å². The van der Waals surface area contributed by atoms with Crippen molar-refractivity contribution in [3.8, 4) is 57.5 Å². The van der Waals surface area contributed by atoms with Crippen molar-refractivity contribution in [1.82, 2.24) is 29.5 Å². The number of hydrogen-bond acceptors (Lipinski definition) is 6. The van der Waals surface area contributed by atoms with Crippen LogP contribution in [0.15, 0.2) is 154 Å². The zero-order chi connectivity index (χ0) is 30.5. The van der Waals surface area contributed by atoms with Crippen LogP contribution in [0.3, 0.4) is 0 Å². The lowest BCUT2D eigenvalue weighted by Gasteiger charge is -2.07. The highest BCUT2D eigenvalue weighted by Crippen LogP contribution is 2.38. The number of aromatic nitrogens is 6. The molecule has 0 radical (unpaired) electrons. The van der Waals surface area contributed by atoms with E-state index in [0.717, 1.165) is 55.4 Å². The third-order valence-electron chi connectivity index (χ3n) is 8.12. The lowest BCUT2D eigenvalue weighted by atomic mass is 10.1. The number of benzene rings is 5. The van der Waals surface area contributed by atoms with Gasteiger partial charge in [0.2, 0.25) is 11.8 Å². The van der Waals surface area contributed by atoms with Crippen LogP contribution in [0, 0.1) is 0 Å².